The molecule has 1 unspecified atom stereocenters. The van der Waals surface area contributed by atoms with E-state index in [1.807, 2.05) is 31.2 Å². The van der Waals surface area contributed by atoms with Crippen LogP contribution in [0.5, 0.6) is 0 Å². The van der Waals surface area contributed by atoms with Gasteiger partial charge in [0.2, 0.25) is 0 Å². The highest BCUT2D eigenvalue weighted by Gasteiger charge is 2.20. The third-order valence-electron chi connectivity index (χ3n) is 3.40. The fraction of sp³-hybridized carbons (Fsp3) is 0.400. The van der Waals surface area contributed by atoms with Gasteiger partial charge in [-0.25, -0.2) is 0 Å². The first-order chi connectivity index (χ1) is 8.18. The van der Waals surface area contributed by atoms with Crippen molar-refractivity contribution in [3.63, 3.8) is 0 Å². The monoisotopic (exact) mass is 292 g/mol. The van der Waals surface area contributed by atoms with Crippen LogP contribution in [0, 0.1) is 5.92 Å². The molecule has 1 aliphatic rings. The topological polar surface area (TPSA) is 17.1 Å². The Balaban J connectivity index is 2.14. The van der Waals surface area contributed by atoms with E-state index in [1.54, 1.807) is 0 Å². The van der Waals surface area contributed by atoms with Crippen LogP contribution in [0.1, 0.15) is 43.0 Å². The molecule has 1 nitrogen and oxygen atoms in total. The summed E-state index contributed by atoms with van der Waals surface area (Å²) in [5.74, 6) is 0.280. The summed E-state index contributed by atoms with van der Waals surface area (Å²) >= 11 is 3.39. The first-order valence-corrected chi connectivity index (χ1v) is 6.96. The Bertz CT molecular complexity index is 431. The van der Waals surface area contributed by atoms with E-state index in [0.717, 1.165) is 22.9 Å². The zero-order chi connectivity index (χ0) is 12.3. The predicted molar refractivity (Wildman–Crippen MR) is 74.2 cm³/mol. The maximum atomic E-state index is 12.3. The van der Waals surface area contributed by atoms with Gasteiger partial charge in [0.1, 0.15) is 0 Å². The van der Waals surface area contributed by atoms with Crippen LogP contribution in [0.15, 0.2) is 40.4 Å². The summed E-state index contributed by atoms with van der Waals surface area (Å²) in [6, 6.07) is 7.64. The number of rotatable bonds is 3. The molecule has 1 atom stereocenters. The third kappa shape index (κ3) is 3.06. The van der Waals surface area contributed by atoms with Crippen LogP contribution in [-0.4, -0.2) is 5.78 Å². The van der Waals surface area contributed by atoms with Gasteiger partial charge in [0.05, 0.1) is 0 Å². The van der Waals surface area contributed by atoms with E-state index < -0.39 is 0 Å². The second-order valence-electron chi connectivity index (χ2n) is 4.62. The molecule has 0 radical (unpaired) electrons. The molecule has 2 rings (SSSR count). The minimum atomic E-state index is 0.0384. The molecule has 1 aliphatic carbocycles. The number of hydrogen-bond donors (Lipinski definition) is 0. The van der Waals surface area contributed by atoms with E-state index in [9.17, 15) is 4.79 Å². The van der Waals surface area contributed by atoms with Crippen LogP contribution in [0.4, 0.5) is 0 Å². The van der Waals surface area contributed by atoms with Crippen LogP contribution in [0.3, 0.4) is 0 Å². The number of Topliss-reactive ketones (excluding diaryl/α,β-unsaturated/α-hetero) is 1. The first kappa shape index (κ1) is 12.6. The first-order valence-electron chi connectivity index (χ1n) is 6.17. The van der Waals surface area contributed by atoms with Gasteiger partial charge < -0.3 is 0 Å². The largest absolute Gasteiger partial charge is 0.294 e. The summed E-state index contributed by atoms with van der Waals surface area (Å²) in [6.45, 7) is 2.03. The zero-order valence-corrected chi connectivity index (χ0v) is 11.7. The SMILES string of the molecule is CC(C(=O)c1ccc(Br)cc1)C1=CCCCC1. The van der Waals surface area contributed by atoms with Crippen molar-refractivity contribution in [3.8, 4) is 0 Å². The molecule has 0 saturated heterocycles. The molecule has 0 amide bonds. The van der Waals surface area contributed by atoms with E-state index in [4.69, 9.17) is 0 Å². The van der Waals surface area contributed by atoms with Crippen molar-refractivity contribution in [2.45, 2.75) is 32.6 Å². The van der Waals surface area contributed by atoms with Crippen LogP contribution in [0.2, 0.25) is 0 Å². The Morgan fingerprint density at radius 2 is 1.94 bits per heavy atom. The van der Waals surface area contributed by atoms with E-state index in [-0.39, 0.29) is 11.7 Å². The van der Waals surface area contributed by atoms with Crippen LogP contribution >= 0.6 is 15.9 Å². The second kappa shape index (κ2) is 5.63. The van der Waals surface area contributed by atoms with Crippen LogP contribution in [-0.2, 0) is 0 Å². The standard InChI is InChI=1S/C15H17BrO/c1-11(12-5-3-2-4-6-12)15(17)13-7-9-14(16)10-8-13/h5,7-11H,2-4,6H2,1H3. The van der Waals surface area contributed by atoms with Crippen molar-refractivity contribution in [3.05, 3.63) is 46.0 Å². The van der Waals surface area contributed by atoms with Crippen LogP contribution in [0.25, 0.3) is 0 Å². The number of allylic oxidation sites excluding steroid dienone is 2. The molecular formula is C15H17BrO. The Hall–Kier alpha value is -0.890. The lowest BCUT2D eigenvalue weighted by Crippen LogP contribution is -2.15. The zero-order valence-electron chi connectivity index (χ0n) is 10.1. The van der Waals surface area contributed by atoms with Gasteiger partial charge in [-0.05, 0) is 37.8 Å². The summed E-state index contributed by atoms with van der Waals surface area (Å²) in [5.41, 5.74) is 2.14. The maximum absolute atomic E-state index is 12.3. The highest BCUT2D eigenvalue weighted by Crippen LogP contribution is 2.26. The molecule has 1 aromatic carbocycles. The van der Waals surface area contributed by atoms with Crippen molar-refractivity contribution in [2.24, 2.45) is 5.92 Å². The fourth-order valence-corrected chi connectivity index (χ4v) is 2.55. The Morgan fingerprint density at radius 1 is 1.24 bits per heavy atom. The summed E-state index contributed by atoms with van der Waals surface area (Å²) in [5, 5.41) is 0. The van der Waals surface area contributed by atoms with Crippen LogP contribution < -0.4 is 0 Å². The number of carbonyl (C=O) groups excluding carboxylic acids is 1. The Morgan fingerprint density at radius 3 is 2.53 bits per heavy atom. The van der Waals surface area contributed by atoms with E-state index in [0.29, 0.717) is 0 Å². The fourth-order valence-electron chi connectivity index (χ4n) is 2.29. The van der Waals surface area contributed by atoms with Gasteiger partial charge in [0.15, 0.2) is 5.78 Å². The predicted octanol–water partition coefficient (Wildman–Crippen LogP) is 4.77. The van der Waals surface area contributed by atoms with Crippen molar-refractivity contribution < 1.29 is 4.79 Å². The van der Waals surface area contributed by atoms with Crippen molar-refractivity contribution in [2.75, 3.05) is 0 Å². The molecule has 0 spiro atoms. The number of ketones is 1. The lowest BCUT2D eigenvalue weighted by Gasteiger charge is -2.18. The summed E-state index contributed by atoms with van der Waals surface area (Å²) < 4.78 is 1.01. The lowest BCUT2D eigenvalue weighted by atomic mass is 9.86. The normalized spacial score (nSPS) is 17.4. The minimum Gasteiger partial charge on any atom is -0.294 e. The molecule has 90 valence electrons. The molecule has 1 aromatic rings. The average Bonchev–Trinajstić information content (AvgIpc) is 2.39. The van der Waals surface area contributed by atoms with Gasteiger partial charge in [-0.3, -0.25) is 4.79 Å². The summed E-state index contributed by atoms with van der Waals surface area (Å²) in [6.07, 6.45) is 6.97. The van der Waals surface area contributed by atoms with E-state index in [1.165, 1.54) is 18.4 Å². The molecular weight excluding hydrogens is 276 g/mol. The average molecular weight is 293 g/mol. The van der Waals surface area contributed by atoms with E-state index in [2.05, 4.69) is 22.0 Å². The minimum absolute atomic E-state index is 0.0384. The Labute approximate surface area is 111 Å². The van der Waals surface area contributed by atoms with Gasteiger partial charge in [0, 0.05) is 16.0 Å². The quantitative estimate of drug-likeness (QED) is 0.579. The molecule has 17 heavy (non-hydrogen) atoms. The van der Waals surface area contributed by atoms with E-state index >= 15 is 0 Å². The third-order valence-corrected chi connectivity index (χ3v) is 3.93. The Kier molecular flexibility index (Phi) is 4.16. The van der Waals surface area contributed by atoms with Crippen molar-refractivity contribution in [1.29, 1.82) is 0 Å². The van der Waals surface area contributed by atoms with Gasteiger partial charge in [-0.2, -0.15) is 0 Å². The van der Waals surface area contributed by atoms with Crippen molar-refractivity contribution >= 4 is 21.7 Å². The second-order valence-corrected chi connectivity index (χ2v) is 5.53. The number of carbonyl (C=O) groups is 1. The molecule has 0 aromatic heterocycles. The highest BCUT2D eigenvalue weighted by molar-refractivity contribution is 9.10. The van der Waals surface area contributed by atoms with Crippen molar-refractivity contribution in [1.82, 2.24) is 0 Å². The molecule has 0 bridgehead atoms. The maximum Gasteiger partial charge on any atom is 0.169 e. The number of hydrogen-bond acceptors (Lipinski definition) is 1. The van der Waals surface area contributed by atoms with Gasteiger partial charge in [-0.15, -0.1) is 0 Å². The lowest BCUT2D eigenvalue weighted by molar-refractivity contribution is 0.0945. The molecule has 0 N–H and O–H groups in total. The molecule has 0 heterocycles. The molecule has 0 aliphatic heterocycles. The summed E-state index contributed by atoms with van der Waals surface area (Å²) in [7, 11) is 0. The number of benzene rings is 1. The summed E-state index contributed by atoms with van der Waals surface area (Å²) in [4.78, 5) is 12.3. The van der Waals surface area contributed by atoms with Gasteiger partial charge >= 0.3 is 0 Å². The molecule has 0 fully saturated rings. The molecule has 2 heteroatoms. The number of halogens is 1. The highest BCUT2D eigenvalue weighted by atomic mass is 79.9. The van der Waals surface area contributed by atoms with Gasteiger partial charge in [0.25, 0.3) is 0 Å². The van der Waals surface area contributed by atoms with Gasteiger partial charge in [-0.1, -0.05) is 46.6 Å². The smallest absolute Gasteiger partial charge is 0.169 e. The molecule has 0 saturated carbocycles.